The highest BCUT2D eigenvalue weighted by molar-refractivity contribution is 5.81. The molecular formula is C18H29N5O6. The molecule has 3 N–H and O–H groups in total. The van der Waals surface area contributed by atoms with Crippen molar-refractivity contribution in [3.05, 3.63) is 12.1 Å². The Morgan fingerprint density at radius 3 is 2.34 bits per heavy atom. The van der Waals surface area contributed by atoms with Crippen LogP contribution < -0.4 is 10.2 Å². The molecule has 29 heavy (non-hydrogen) atoms. The first-order valence-corrected chi connectivity index (χ1v) is 9.48. The lowest BCUT2D eigenvalue weighted by atomic mass is 10.3. The number of carbonyl (C=O) groups is 3. The second-order valence-electron chi connectivity index (χ2n) is 7.05. The number of hydrogen-bond donors (Lipinski definition) is 3. The molecule has 0 aliphatic carbocycles. The molecule has 0 atom stereocenters. The van der Waals surface area contributed by atoms with Gasteiger partial charge in [0.25, 0.3) is 0 Å². The number of carbonyl (C=O) groups excluding carboxylic acids is 3. The van der Waals surface area contributed by atoms with Crippen LogP contribution in [-0.2, 0) is 14.4 Å². The summed E-state index contributed by atoms with van der Waals surface area (Å²) in [5, 5.41) is 21.6. The Morgan fingerprint density at radius 2 is 1.72 bits per heavy atom. The molecule has 0 aromatic carbocycles. The summed E-state index contributed by atoms with van der Waals surface area (Å²) in [7, 11) is 3.64. The molecule has 1 aliphatic rings. The van der Waals surface area contributed by atoms with E-state index in [0.29, 0.717) is 24.4 Å². The largest absolute Gasteiger partial charge is 0.492 e. The quantitative estimate of drug-likeness (QED) is 0.325. The first-order chi connectivity index (χ1) is 13.8. The second kappa shape index (κ2) is 10.7. The topological polar surface area (TPSA) is 128 Å². The summed E-state index contributed by atoms with van der Waals surface area (Å²) >= 11 is 0. The molecule has 0 saturated carbocycles. The van der Waals surface area contributed by atoms with Gasteiger partial charge in [-0.2, -0.15) is 0 Å². The van der Waals surface area contributed by atoms with Gasteiger partial charge in [0.2, 0.25) is 23.6 Å². The molecule has 1 aliphatic heterocycles. The van der Waals surface area contributed by atoms with Gasteiger partial charge in [0.1, 0.15) is 0 Å². The molecule has 1 saturated heterocycles. The molecule has 0 spiro atoms. The minimum Gasteiger partial charge on any atom is -0.492 e. The van der Waals surface area contributed by atoms with Gasteiger partial charge in [-0.25, -0.2) is 4.79 Å². The SMILES string of the molecule is CN1CCN(CC(=O)N[13CH2][13CH2][15N]([13CH3])[13C](=O)[13CH2][13CH2][13C](=O)On2c(O)ccc2O)CC1. The maximum Gasteiger partial charge on any atom is 0.333 e. The Morgan fingerprint density at radius 1 is 1.10 bits per heavy atom. The molecule has 0 bridgehead atoms. The van der Waals surface area contributed by atoms with Crippen molar-refractivity contribution >= 4 is 17.8 Å². The fourth-order valence-electron chi connectivity index (χ4n) is 2.80. The standard InChI is InChI=1S/C18H29N5O6/c1-20-9-11-22(12-10-20)13-14(24)19-7-8-21(2)15(25)5-6-18(28)29-23-16(26)3-4-17(23)27/h3-4,26-27H,5-13H2,1-2H3,(H,19,24)/i2+1,5+1,6+1,7+1,8+1,15+1,18+1,21+1. The molecule has 0 radical (unpaired) electrons. The van der Waals surface area contributed by atoms with Crippen LogP contribution in [0.4, 0.5) is 0 Å². The summed E-state index contributed by atoms with van der Waals surface area (Å²) in [5.74, 6) is -1.98. The minimum absolute atomic E-state index is 0.0784. The molecule has 11 nitrogen and oxygen atoms in total. The normalized spacial score (nSPS) is 15.1. The predicted molar refractivity (Wildman–Crippen MR) is 103 cm³/mol. The number of rotatable bonds is 9. The Kier molecular flexibility index (Phi) is 8.28. The highest BCUT2D eigenvalue weighted by Gasteiger charge is 2.18. The Hall–Kier alpha value is -2.79. The van der Waals surface area contributed by atoms with Gasteiger partial charge in [-0.3, -0.25) is 14.5 Å². The zero-order chi connectivity index (χ0) is 21.4. The van der Waals surface area contributed by atoms with Crippen LogP contribution in [0.15, 0.2) is 12.1 Å². The number of amides is 2. The third-order valence-corrected chi connectivity index (χ3v) is 4.69. The molecule has 2 heterocycles. The molecule has 2 rings (SSSR count). The van der Waals surface area contributed by atoms with Crippen LogP contribution >= 0.6 is 0 Å². The van der Waals surface area contributed by atoms with E-state index >= 15 is 0 Å². The number of piperazine rings is 1. The smallest absolute Gasteiger partial charge is 0.333 e. The van der Waals surface area contributed by atoms with Crippen LogP contribution in [0.1, 0.15) is 12.8 Å². The van der Waals surface area contributed by atoms with Crippen molar-refractivity contribution in [3.63, 3.8) is 0 Å². The van der Waals surface area contributed by atoms with E-state index < -0.39 is 17.7 Å². The van der Waals surface area contributed by atoms with Crippen molar-refractivity contribution in [1.29, 1.82) is 0 Å². The Labute approximate surface area is 169 Å². The monoisotopic (exact) mass is 419 g/mol. The van der Waals surface area contributed by atoms with E-state index in [9.17, 15) is 24.6 Å². The minimum atomic E-state index is -0.769. The van der Waals surface area contributed by atoms with Gasteiger partial charge in [-0.05, 0) is 7.05 Å². The van der Waals surface area contributed by atoms with Crippen molar-refractivity contribution in [2.75, 3.05) is 59.9 Å². The molecular weight excluding hydrogens is 390 g/mol. The first kappa shape index (κ1) is 22.5. The molecule has 162 valence electrons. The van der Waals surface area contributed by atoms with Crippen LogP contribution in [0, 0.1) is 0 Å². The summed E-state index contributed by atoms with van der Waals surface area (Å²) in [6.07, 6.45) is -0.302. The van der Waals surface area contributed by atoms with Crippen LogP contribution in [0.2, 0.25) is 0 Å². The van der Waals surface area contributed by atoms with Gasteiger partial charge in [-0.1, -0.05) is 0 Å². The molecule has 11 heteroatoms. The molecule has 1 aromatic rings. The van der Waals surface area contributed by atoms with E-state index in [2.05, 4.69) is 22.2 Å². The fraction of sp³-hybridized carbons (Fsp3) is 0.611. The van der Waals surface area contributed by atoms with Crippen molar-refractivity contribution in [2.24, 2.45) is 0 Å². The zero-order valence-corrected chi connectivity index (χ0v) is 16.8. The molecule has 0 unspecified atom stereocenters. The van der Waals surface area contributed by atoms with Crippen molar-refractivity contribution in [2.45, 2.75) is 12.8 Å². The van der Waals surface area contributed by atoms with Crippen LogP contribution in [0.5, 0.6) is 11.8 Å². The number of nitrogens with zero attached hydrogens (tertiary/aromatic N) is 4. The summed E-state index contributed by atoms with van der Waals surface area (Å²) in [4.78, 5) is 46.4. The maximum atomic E-state index is 12.1. The maximum absolute atomic E-state index is 12.1. The summed E-state index contributed by atoms with van der Waals surface area (Å²) in [6, 6.07) is 2.33. The number of hydrogen-bond acceptors (Lipinski definition) is 8. The van der Waals surface area contributed by atoms with Gasteiger partial charge in [0, 0.05) is 64.9 Å². The number of nitrogens with one attached hydrogen (secondary N) is 1. The van der Waals surface area contributed by atoms with E-state index in [0.717, 1.165) is 26.2 Å². The molecule has 2 amide bonds. The third kappa shape index (κ3) is 7.27. The van der Waals surface area contributed by atoms with Crippen LogP contribution in [0.25, 0.3) is 0 Å². The van der Waals surface area contributed by atoms with Crippen molar-refractivity contribution in [3.8, 4) is 11.8 Å². The van der Waals surface area contributed by atoms with E-state index in [4.69, 9.17) is 4.84 Å². The summed E-state index contributed by atoms with van der Waals surface area (Å²) in [5.41, 5.74) is 0. The number of likely N-dealkylation sites (N-methyl/N-ethyl adjacent to an activating group) is 2. The van der Waals surface area contributed by atoms with Crippen molar-refractivity contribution in [1.82, 2.24) is 24.7 Å². The van der Waals surface area contributed by atoms with Crippen molar-refractivity contribution < 1.29 is 29.4 Å². The second-order valence-corrected chi connectivity index (χ2v) is 7.05. The van der Waals surface area contributed by atoms with Crippen LogP contribution in [0.3, 0.4) is 0 Å². The fourth-order valence-corrected chi connectivity index (χ4v) is 2.80. The third-order valence-electron chi connectivity index (χ3n) is 4.69. The number of aromatic hydroxyl groups is 2. The van der Waals surface area contributed by atoms with E-state index in [1.165, 1.54) is 17.0 Å². The van der Waals surface area contributed by atoms with E-state index in [-0.39, 0.29) is 24.7 Å². The van der Waals surface area contributed by atoms with Crippen LogP contribution in [-0.4, -0.2) is 107 Å². The molecule has 1 fully saturated rings. The average molecular weight is 419 g/mol. The Bertz CT molecular complexity index is 694. The number of aromatic nitrogens is 1. The van der Waals surface area contributed by atoms with Gasteiger partial charge in [-0.15, -0.1) is 4.73 Å². The predicted octanol–water partition coefficient (Wildman–Crippen LogP) is -1.54. The lowest BCUT2D eigenvalue weighted by Gasteiger charge is -2.31. The van der Waals surface area contributed by atoms with E-state index in [1.54, 1.807) is 7.05 Å². The van der Waals surface area contributed by atoms with Gasteiger partial charge < -0.3 is 30.2 Å². The highest BCUT2D eigenvalue weighted by Crippen LogP contribution is 2.18. The average Bonchev–Trinajstić information content (AvgIpc) is 2.99. The highest BCUT2D eigenvalue weighted by atomic mass is 16.8. The van der Waals surface area contributed by atoms with Gasteiger partial charge >= 0.3 is 5.97 Å². The lowest BCUT2D eigenvalue weighted by Crippen LogP contribution is -2.48. The molecule has 1 aromatic heterocycles. The van der Waals surface area contributed by atoms with Gasteiger partial charge in [0.15, 0.2) is 0 Å². The lowest BCUT2D eigenvalue weighted by molar-refractivity contribution is -0.147. The summed E-state index contributed by atoms with van der Waals surface area (Å²) in [6.45, 7) is 4.59. The Balaban J connectivity index is 1.60. The van der Waals surface area contributed by atoms with Gasteiger partial charge in [0.05, 0.1) is 13.0 Å². The first-order valence-electron chi connectivity index (χ1n) is 9.48. The van der Waals surface area contributed by atoms with E-state index in [1.807, 2.05) is 0 Å². The summed E-state index contributed by atoms with van der Waals surface area (Å²) < 4.78 is 0.576. The zero-order valence-electron chi connectivity index (χ0n) is 16.8.